The molecule has 0 aliphatic rings. The number of hydrogen-bond acceptors (Lipinski definition) is 4. The van der Waals surface area contributed by atoms with Crippen LogP contribution in [0.5, 0.6) is 5.75 Å². The molecule has 1 aromatic carbocycles. The first-order chi connectivity index (χ1) is 11.1. The fourth-order valence-corrected chi connectivity index (χ4v) is 1.65. The van der Waals surface area contributed by atoms with E-state index < -0.39 is 35.0 Å². The highest BCUT2D eigenvalue weighted by molar-refractivity contribution is 5.85. The molecule has 0 saturated heterocycles. The Balaban J connectivity index is 3.19. The maximum absolute atomic E-state index is 13.0. The number of carbonyl (C=O) groups excluding carboxylic acids is 1. The number of alkyl halides is 3. The lowest BCUT2D eigenvalue weighted by Crippen LogP contribution is -2.38. The molecule has 0 aliphatic carbocycles. The topological polar surface area (TPSA) is 84.9 Å². The molecule has 0 radical (unpaired) electrons. The molecule has 2 N–H and O–H groups in total. The van der Waals surface area contributed by atoms with E-state index in [2.05, 4.69) is 5.32 Å². The number of carboxylic acid groups (broad SMARTS) is 1. The Labute approximate surface area is 142 Å². The zero-order valence-electron chi connectivity index (χ0n) is 14.4. The third-order valence-corrected chi connectivity index (χ3v) is 2.77. The Kier molecular flexibility index (Phi) is 5.61. The molecule has 0 unspecified atom stereocenters. The van der Waals surface area contributed by atoms with Gasteiger partial charge in [0.25, 0.3) is 0 Å². The number of anilines is 1. The summed E-state index contributed by atoms with van der Waals surface area (Å²) >= 11 is 0. The van der Waals surface area contributed by atoms with Crippen molar-refractivity contribution in [2.24, 2.45) is 0 Å². The van der Waals surface area contributed by atoms with Crippen molar-refractivity contribution in [1.29, 1.82) is 0 Å². The Hall–Kier alpha value is -2.45. The molecular weight excluding hydrogens is 343 g/mol. The normalized spacial score (nSPS) is 12.5. The summed E-state index contributed by atoms with van der Waals surface area (Å²) in [7, 11) is 0. The molecule has 1 aromatic rings. The highest BCUT2D eigenvalue weighted by atomic mass is 19.4. The van der Waals surface area contributed by atoms with Crippen molar-refractivity contribution in [3.05, 3.63) is 23.8 Å². The van der Waals surface area contributed by atoms with E-state index in [-0.39, 0.29) is 11.4 Å². The molecule has 0 aliphatic heterocycles. The molecule has 1 amide bonds. The smallest absolute Gasteiger partial charge is 0.416 e. The lowest BCUT2D eigenvalue weighted by molar-refractivity contribution is -0.152. The quantitative estimate of drug-likeness (QED) is 0.833. The molecular formula is C16H20F3NO5. The molecule has 6 nitrogen and oxygen atoms in total. The van der Waals surface area contributed by atoms with Crippen molar-refractivity contribution in [3.63, 3.8) is 0 Å². The second kappa shape index (κ2) is 6.81. The monoisotopic (exact) mass is 363 g/mol. The van der Waals surface area contributed by atoms with Crippen LogP contribution in [0.1, 0.15) is 40.2 Å². The number of benzene rings is 1. The van der Waals surface area contributed by atoms with Crippen LogP contribution >= 0.6 is 0 Å². The molecule has 140 valence electrons. The summed E-state index contributed by atoms with van der Waals surface area (Å²) in [4.78, 5) is 22.8. The lowest BCUT2D eigenvalue weighted by Gasteiger charge is -2.23. The summed E-state index contributed by atoms with van der Waals surface area (Å²) in [5, 5.41) is 11.2. The molecule has 0 fully saturated rings. The van der Waals surface area contributed by atoms with Gasteiger partial charge in [-0.3, -0.25) is 5.32 Å². The van der Waals surface area contributed by atoms with E-state index in [1.54, 1.807) is 20.8 Å². The fraction of sp³-hybridized carbons (Fsp3) is 0.500. The predicted octanol–water partition coefficient (Wildman–Crippen LogP) is 4.29. The number of aliphatic carboxylic acids is 1. The van der Waals surface area contributed by atoms with Crippen LogP contribution in [-0.2, 0) is 15.7 Å². The van der Waals surface area contributed by atoms with Crippen molar-refractivity contribution >= 4 is 17.7 Å². The average molecular weight is 363 g/mol. The summed E-state index contributed by atoms with van der Waals surface area (Å²) in [6, 6.07) is 2.44. The average Bonchev–Trinajstić information content (AvgIpc) is 2.33. The first-order valence-electron chi connectivity index (χ1n) is 7.25. The molecule has 0 heterocycles. The zero-order chi connectivity index (χ0) is 19.6. The van der Waals surface area contributed by atoms with Crippen molar-refractivity contribution in [1.82, 2.24) is 0 Å². The predicted molar refractivity (Wildman–Crippen MR) is 83.6 cm³/mol. The zero-order valence-corrected chi connectivity index (χ0v) is 14.4. The summed E-state index contributed by atoms with van der Waals surface area (Å²) < 4.78 is 49.2. The largest absolute Gasteiger partial charge is 0.478 e. The van der Waals surface area contributed by atoms with E-state index in [1.807, 2.05) is 0 Å². The Morgan fingerprint density at radius 3 is 2.04 bits per heavy atom. The maximum atomic E-state index is 13.0. The van der Waals surface area contributed by atoms with Crippen molar-refractivity contribution in [2.45, 2.75) is 52.0 Å². The van der Waals surface area contributed by atoms with Crippen LogP contribution in [0.4, 0.5) is 23.7 Å². The first-order valence-corrected chi connectivity index (χ1v) is 7.25. The Morgan fingerprint density at radius 2 is 1.60 bits per heavy atom. The van der Waals surface area contributed by atoms with Crippen LogP contribution in [-0.4, -0.2) is 28.4 Å². The standard InChI is InChI=1S/C16H20F3NO5/c1-14(2,3)25-13(23)20-10-6-9(16(17,18)19)7-11(8-10)24-15(4,5)12(21)22/h6-8H,1-5H3,(H,20,23)(H,21,22). The molecule has 0 spiro atoms. The Bertz CT molecular complexity index is 663. The van der Waals surface area contributed by atoms with Gasteiger partial charge in [0.2, 0.25) is 0 Å². The first kappa shape index (κ1) is 20.6. The lowest BCUT2D eigenvalue weighted by atomic mass is 10.1. The minimum absolute atomic E-state index is 0.236. The Morgan fingerprint density at radius 1 is 1.04 bits per heavy atom. The number of rotatable bonds is 4. The van der Waals surface area contributed by atoms with Gasteiger partial charge in [0.1, 0.15) is 11.4 Å². The molecule has 0 atom stereocenters. The minimum Gasteiger partial charge on any atom is -0.478 e. The van der Waals surface area contributed by atoms with Gasteiger partial charge in [-0.1, -0.05) is 0 Å². The third-order valence-electron chi connectivity index (χ3n) is 2.77. The SMILES string of the molecule is CC(C)(C)OC(=O)Nc1cc(OC(C)(C)C(=O)O)cc(C(F)(F)F)c1. The third kappa shape index (κ3) is 6.52. The van der Waals surface area contributed by atoms with Crippen LogP contribution < -0.4 is 10.1 Å². The van der Waals surface area contributed by atoms with Gasteiger partial charge in [-0.05, 0) is 46.8 Å². The van der Waals surface area contributed by atoms with Crippen LogP contribution in [0.3, 0.4) is 0 Å². The summed E-state index contributed by atoms with van der Waals surface area (Å²) in [5.41, 5.74) is -3.93. The highest BCUT2D eigenvalue weighted by Crippen LogP contribution is 2.35. The van der Waals surface area contributed by atoms with Gasteiger partial charge in [0, 0.05) is 11.8 Å². The number of hydrogen-bond donors (Lipinski definition) is 2. The van der Waals surface area contributed by atoms with Crippen LogP contribution in [0.15, 0.2) is 18.2 Å². The number of carbonyl (C=O) groups is 2. The van der Waals surface area contributed by atoms with Gasteiger partial charge in [-0.15, -0.1) is 0 Å². The van der Waals surface area contributed by atoms with Gasteiger partial charge >= 0.3 is 18.2 Å². The number of ether oxygens (including phenoxy) is 2. The second-order valence-electron chi connectivity index (χ2n) is 6.79. The van der Waals surface area contributed by atoms with E-state index in [1.165, 1.54) is 13.8 Å². The molecule has 1 rings (SSSR count). The molecule has 0 saturated carbocycles. The minimum atomic E-state index is -4.71. The number of halogens is 3. The van der Waals surface area contributed by atoms with E-state index in [4.69, 9.17) is 14.6 Å². The molecule has 25 heavy (non-hydrogen) atoms. The van der Waals surface area contributed by atoms with Gasteiger partial charge in [0.15, 0.2) is 5.60 Å². The van der Waals surface area contributed by atoms with E-state index in [0.717, 1.165) is 6.07 Å². The van der Waals surface area contributed by atoms with Crippen molar-refractivity contribution in [2.75, 3.05) is 5.32 Å². The number of nitrogens with one attached hydrogen (secondary N) is 1. The van der Waals surface area contributed by atoms with Gasteiger partial charge < -0.3 is 14.6 Å². The van der Waals surface area contributed by atoms with Crippen molar-refractivity contribution in [3.8, 4) is 5.75 Å². The van der Waals surface area contributed by atoms with E-state index in [0.29, 0.717) is 12.1 Å². The summed E-state index contributed by atoms with van der Waals surface area (Å²) in [5.74, 6) is -1.71. The van der Waals surface area contributed by atoms with E-state index >= 15 is 0 Å². The van der Waals surface area contributed by atoms with Crippen LogP contribution in [0.25, 0.3) is 0 Å². The van der Waals surface area contributed by atoms with E-state index in [9.17, 15) is 22.8 Å². The van der Waals surface area contributed by atoms with Crippen molar-refractivity contribution < 1.29 is 37.3 Å². The van der Waals surface area contributed by atoms with Crippen LogP contribution in [0, 0.1) is 0 Å². The van der Waals surface area contributed by atoms with Gasteiger partial charge in [0.05, 0.1) is 5.56 Å². The highest BCUT2D eigenvalue weighted by Gasteiger charge is 2.34. The molecule has 0 aromatic heterocycles. The molecule has 0 bridgehead atoms. The number of amides is 1. The second-order valence-corrected chi connectivity index (χ2v) is 6.79. The van der Waals surface area contributed by atoms with Crippen LogP contribution in [0.2, 0.25) is 0 Å². The number of carboxylic acids is 1. The summed E-state index contributed by atoms with van der Waals surface area (Å²) in [6.07, 6.45) is -5.66. The maximum Gasteiger partial charge on any atom is 0.416 e. The fourth-order valence-electron chi connectivity index (χ4n) is 1.65. The van der Waals surface area contributed by atoms with Gasteiger partial charge in [-0.2, -0.15) is 13.2 Å². The summed E-state index contributed by atoms with van der Waals surface area (Å²) in [6.45, 7) is 7.18. The molecule has 9 heteroatoms. The van der Waals surface area contributed by atoms with Gasteiger partial charge in [-0.25, -0.2) is 9.59 Å².